The average Bonchev–Trinajstić information content (AvgIpc) is 3.22. The van der Waals surface area contributed by atoms with E-state index in [1.54, 1.807) is 11.0 Å². The van der Waals surface area contributed by atoms with Crippen molar-refractivity contribution in [2.45, 2.75) is 44.1 Å². The summed E-state index contributed by atoms with van der Waals surface area (Å²) in [6.45, 7) is 0.373. The number of amides is 1. The highest BCUT2D eigenvalue weighted by molar-refractivity contribution is 7.91. The summed E-state index contributed by atoms with van der Waals surface area (Å²) >= 11 is 6.04. The fraction of sp³-hybridized carbons (Fsp3) is 0.619. The summed E-state index contributed by atoms with van der Waals surface area (Å²) in [5.74, 6) is -4.39. The number of piperidine rings is 1. The summed E-state index contributed by atoms with van der Waals surface area (Å²) in [5, 5.41) is 17.9. The van der Waals surface area contributed by atoms with E-state index >= 15 is 8.78 Å². The Labute approximate surface area is 190 Å². The maximum absolute atomic E-state index is 15.2. The largest absolute Gasteiger partial charge is 0.382 e. The second-order valence-electron chi connectivity index (χ2n) is 8.86. The van der Waals surface area contributed by atoms with Crippen LogP contribution in [-0.2, 0) is 14.6 Å². The van der Waals surface area contributed by atoms with Gasteiger partial charge in [-0.2, -0.15) is 5.10 Å². The summed E-state index contributed by atoms with van der Waals surface area (Å²) < 4.78 is 53.6. The van der Waals surface area contributed by atoms with Gasteiger partial charge in [-0.1, -0.05) is 11.6 Å². The van der Waals surface area contributed by atoms with Gasteiger partial charge in [-0.05, 0) is 43.7 Å². The van der Waals surface area contributed by atoms with E-state index in [0.29, 0.717) is 23.7 Å². The molecule has 1 atom stereocenters. The highest BCUT2D eigenvalue weighted by Crippen LogP contribution is 2.44. The molecule has 2 N–H and O–H groups in total. The zero-order chi connectivity index (χ0) is 23.1. The molecule has 2 aromatic rings. The van der Waals surface area contributed by atoms with Gasteiger partial charge in [0.25, 0.3) is 5.92 Å². The molecular formula is C21H26ClF2N3O4S. The predicted molar refractivity (Wildman–Crippen MR) is 116 cm³/mol. The molecule has 0 bridgehead atoms. The number of aliphatic hydroxyl groups is 1. The van der Waals surface area contributed by atoms with Crippen molar-refractivity contribution >= 4 is 38.2 Å². The Morgan fingerprint density at radius 2 is 1.91 bits per heavy atom. The molecule has 7 nitrogen and oxygen atoms in total. The van der Waals surface area contributed by atoms with Gasteiger partial charge in [0.2, 0.25) is 5.91 Å². The highest BCUT2D eigenvalue weighted by atomic mass is 35.5. The van der Waals surface area contributed by atoms with Crippen molar-refractivity contribution in [3.05, 3.63) is 28.9 Å². The van der Waals surface area contributed by atoms with Crippen LogP contribution in [0.2, 0.25) is 5.02 Å². The predicted octanol–water partition coefficient (Wildman–Crippen LogP) is 3.34. The van der Waals surface area contributed by atoms with Crippen LogP contribution in [-0.4, -0.2) is 65.0 Å². The second-order valence-corrected chi connectivity index (χ2v) is 11.6. The van der Waals surface area contributed by atoms with E-state index in [9.17, 15) is 18.3 Å². The minimum absolute atomic E-state index is 0.000701. The number of aromatic amines is 1. The number of likely N-dealkylation sites (tertiary alicyclic amines) is 1. The van der Waals surface area contributed by atoms with Crippen LogP contribution < -0.4 is 0 Å². The number of nitrogens with one attached hydrogen (secondary N) is 1. The SMILES string of the molecule is O=C(CC1CCS(=O)(=O)CC1)N1CCC(C(F)(F)C(O)c2cc(Cl)cc3cn[nH]c23)CC1. The molecule has 1 aromatic heterocycles. The van der Waals surface area contributed by atoms with Crippen LogP contribution in [0.3, 0.4) is 0 Å². The first-order valence-electron chi connectivity index (χ1n) is 10.7. The molecule has 11 heteroatoms. The molecular weight excluding hydrogens is 464 g/mol. The van der Waals surface area contributed by atoms with Gasteiger partial charge in [0, 0.05) is 41.4 Å². The summed E-state index contributed by atoms with van der Waals surface area (Å²) in [6.07, 6.45) is 0.734. The normalized spacial score (nSPS) is 21.7. The van der Waals surface area contributed by atoms with E-state index in [-0.39, 0.29) is 66.3 Å². The molecule has 1 amide bonds. The lowest BCUT2D eigenvalue weighted by Gasteiger charge is -2.38. The molecule has 0 spiro atoms. The molecule has 0 saturated carbocycles. The first-order valence-corrected chi connectivity index (χ1v) is 12.9. The molecule has 32 heavy (non-hydrogen) atoms. The van der Waals surface area contributed by atoms with E-state index in [4.69, 9.17) is 11.6 Å². The minimum Gasteiger partial charge on any atom is -0.382 e. The van der Waals surface area contributed by atoms with E-state index in [1.165, 1.54) is 12.3 Å². The molecule has 2 aliphatic heterocycles. The van der Waals surface area contributed by atoms with Crippen LogP contribution in [0.4, 0.5) is 8.78 Å². The number of sulfone groups is 1. The lowest BCUT2D eigenvalue weighted by molar-refractivity contribution is -0.164. The Bertz CT molecular complexity index is 1090. The van der Waals surface area contributed by atoms with Crippen molar-refractivity contribution in [2.24, 2.45) is 11.8 Å². The highest BCUT2D eigenvalue weighted by Gasteiger charge is 2.49. The number of benzene rings is 1. The number of rotatable bonds is 5. The van der Waals surface area contributed by atoms with Crippen LogP contribution >= 0.6 is 11.6 Å². The number of aromatic nitrogens is 2. The Balaban J connectivity index is 1.37. The quantitative estimate of drug-likeness (QED) is 0.670. The molecule has 1 aromatic carbocycles. The van der Waals surface area contributed by atoms with Gasteiger partial charge >= 0.3 is 0 Å². The van der Waals surface area contributed by atoms with E-state index in [2.05, 4.69) is 10.2 Å². The van der Waals surface area contributed by atoms with Gasteiger partial charge in [-0.15, -0.1) is 0 Å². The number of fused-ring (bicyclic) bond motifs is 1. The molecule has 2 aliphatic rings. The number of halogens is 3. The van der Waals surface area contributed by atoms with Gasteiger partial charge in [-0.25, -0.2) is 17.2 Å². The molecule has 2 fully saturated rings. The van der Waals surface area contributed by atoms with Crippen LogP contribution in [0.15, 0.2) is 18.3 Å². The van der Waals surface area contributed by atoms with Crippen LogP contribution in [0.1, 0.15) is 43.8 Å². The van der Waals surface area contributed by atoms with Crippen molar-refractivity contribution < 1.29 is 27.1 Å². The molecule has 0 radical (unpaired) electrons. The minimum atomic E-state index is -3.41. The van der Waals surface area contributed by atoms with E-state index < -0.39 is 27.8 Å². The number of aliphatic hydroxyl groups excluding tert-OH is 1. The zero-order valence-electron chi connectivity index (χ0n) is 17.4. The van der Waals surface area contributed by atoms with Crippen LogP contribution in [0.25, 0.3) is 10.9 Å². The van der Waals surface area contributed by atoms with Crippen LogP contribution in [0, 0.1) is 11.8 Å². The molecule has 2 saturated heterocycles. The topological polar surface area (TPSA) is 103 Å². The third kappa shape index (κ3) is 4.77. The Hall–Kier alpha value is -1.78. The molecule has 0 aliphatic carbocycles. The van der Waals surface area contributed by atoms with Crippen molar-refractivity contribution in [1.29, 1.82) is 0 Å². The number of carbonyl (C=O) groups is 1. The summed E-state index contributed by atoms with van der Waals surface area (Å²) in [4.78, 5) is 14.2. The van der Waals surface area contributed by atoms with E-state index in [0.717, 1.165) is 0 Å². The van der Waals surface area contributed by atoms with Gasteiger partial charge < -0.3 is 10.0 Å². The second kappa shape index (κ2) is 8.87. The number of carbonyl (C=O) groups excluding carboxylic acids is 1. The molecule has 1 unspecified atom stereocenters. The number of hydrogen-bond donors (Lipinski definition) is 2. The maximum Gasteiger partial charge on any atom is 0.280 e. The van der Waals surface area contributed by atoms with Crippen molar-refractivity contribution in [3.8, 4) is 0 Å². The van der Waals surface area contributed by atoms with Gasteiger partial charge in [-0.3, -0.25) is 9.89 Å². The fourth-order valence-electron chi connectivity index (χ4n) is 4.73. The monoisotopic (exact) mass is 489 g/mol. The Kier molecular flexibility index (Phi) is 6.48. The smallest absolute Gasteiger partial charge is 0.280 e. The average molecular weight is 490 g/mol. The van der Waals surface area contributed by atoms with Crippen molar-refractivity contribution in [3.63, 3.8) is 0 Å². The van der Waals surface area contributed by atoms with Gasteiger partial charge in [0.05, 0.1) is 23.2 Å². The number of hydrogen-bond acceptors (Lipinski definition) is 5. The number of alkyl halides is 2. The van der Waals surface area contributed by atoms with Gasteiger partial charge in [0.15, 0.2) is 0 Å². The maximum atomic E-state index is 15.2. The number of nitrogens with zero attached hydrogens (tertiary/aromatic N) is 2. The zero-order valence-corrected chi connectivity index (χ0v) is 19.0. The third-order valence-corrected chi connectivity index (χ3v) is 8.67. The van der Waals surface area contributed by atoms with Crippen LogP contribution in [0.5, 0.6) is 0 Å². The van der Waals surface area contributed by atoms with E-state index in [1.807, 2.05) is 0 Å². The lowest BCUT2D eigenvalue weighted by atomic mass is 9.84. The summed E-state index contributed by atoms with van der Waals surface area (Å²) in [7, 11) is -2.99. The first kappa shape index (κ1) is 23.4. The summed E-state index contributed by atoms with van der Waals surface area (Å²) in [5.41, 5.74) is 0.324. The Morgan fingerprint density at radius 1 is 1.25 bits per heavy atom. The first-order chi connectivity index (χ1) is 15.1. The molecule has 4 rings (SSSR count). The fourth-order valence-corrected chi connectivity index (χ4v) is 6.55. The molecule has 176 valence electrons. The van der Waals surface area contributed by atoms with Crippen molar-refractivity contribution in [2.75, 3.05) is 24.6 Å². The van der Waals surface area contributed by atoms with Crippen molar-refractivity contribution in [1.82, 2.24) is 15.1 Å². The lowest BCUT2D eigenvalue weighted by Crippen LogP contribution is -2.46. The van der Waals surface area contributed by atoms with Gasteiger partial charge in [0.1, 0.15) is 15.9 Å². The Morgan fingerprint density at radius 3 is 2.56 bits per heavy atom. The summed E-state index contributed by atoms with van der Waals surface area (Å²) in [6, 6.07) is 2.91. The standard InChI is InChI=1S/C21H26ClF2N3O4S/c22-16-10-14-12-25-26-19(14)17(11-16)20(29)21(23,24)15-1-5-27(6-2-15)18(28)9-13-3-7-32(30,31)8-4-13/h10-13,15,20,29H,1-9H2,(H,25,26). The third-order valence-electron chi connectivity index (χ3n) is 6.73. The number of H-pyrrole nitrogens is 1. The molecule has 3 heterocycles.